The van der Waals surface area contributed by atoms with Crippen molar-refractivity contribution in [1.29, 1.82) is 0 Å². The SMILES string of the molecule is C/C=C/C(=O)N1CC2CCCC2C1C(=O)O. The standard InChI is InChI=1S/C12H17NO3/c1-2-4-10(14)13-7-8-5-3-6-9(8)11(13)12(15)16/h2,4,8-9,11H,3,5-7H2,1H3,(H,15,16)/b4-2+. The Morgan fingerprint density at radius 1 is 1.38 bits per heavy atom. The van der Waals surface area contributed by atoms with Gasteiger partial charge >= 0.3 is 5.97 Å². The van der Waals surface area contributed by atoms with Gasteiger partial charge in [-0.1, -0.05) is 12.5 Å². The summed E-state index contributed by atoms with van der Waals surface area (Å²) in [6.07, 6.45) is 6.23. The lowest BCUT2D eigenvalue weighted by Gasteiger charge is -2.22. The molecule has 1 saturated heterocycles. The molecule has 0 radical (unpaired) electrons. The number of rotatable bonds is 2. The van der Waals surface area contributed by atoms with Crippen LogP contribution in [0.3, 0.4) is 0 Å². The lowest BCUT2D eigenvalue weighted by atomic mass is 9.94. The third kappa shape index (κ3) is 1.72. The fourth-order valence-corrected chi connectivity index (χ4v) is 3.09. The first-order chi connectivity index (χ1) is 7.65. The molecule has 1 aliphatic heterocycles. The Bertz CT molecular complexity index is 337. The Balaban J connectivity index is 2.19. The zero-order chi connectivity index (χ0) is 11.7. The molecule has 1 aliphatic carbocycles. The van der Waals surface area contributed by atoms with Crippen molar-refractivity contribution < 1.29 is 14.7 Å². The van der Waals surface area contributed by atoms with Gasteiger partial charge in [0.1, 0.15) is 6.04 Å². The molecule has 4 heteroatoms. The van der Waals surface area contributed by atoms with E-state index in [2.05, 4.69) is 0 Å². The molecule has 0 aromatic carbocycles. The van der Waals surface area contributed by atoms with Gasteiger partial charge in [-0.3, -0.25) is 4.79 Å². The van der Waals surface area contributed by atoms with E-state index in [0.29, 0.717) is 12.5 Å². The van der Waals surface area contributed by atoms with Crippen LogP contribution in [0.5, 0.6) is 0 Å². The van der Waals surface area contributed by atoms with Crippen molar-refractivity contribution in [1.82, 2.24) is 4.90 Å². The molecule has 1 amide bonds. The third-order valence-electron chi connectivity index (χ3n) is 3.74. The Hall–Kier alpha value is -1.32. The first-order valence-corrected chi connectivity index (χ1v) is 5.81. The summed E-state index contributed by atoms with van der Waals surface area (Å²) < 4.78 is 0. The zero-order valence-electron chi connectivity index (χ0n) is 9.43. The molecular weight excluding hydrogens is 206 g/mol. The maximum atomic E-state index is 11.8. The number of hydrogen-bond donors (Lipinski definition) is 1. The number of likely N-dealkylation sites (tertiary alicyclic amines) is 1. The average Bonchev–Trinajstić information content (AvgIpc) is 2.74. The van der Waals surface area contributed by atoms with Crippen LogP contribution in [0.2, 0.25) is 0 Å². The van der Waals surface area contributed by atoms with Crippen LogP contribution in [0.25, 0.3) is 0 Å². The highest BCUT2D eigenvalue weighted by Crippen LogP contribution is 2.42. The van der Waals surface area contributed by atoms with E-state index in [1.165, 1.54) is 11.0 Å². The molecular formula is C12H17NO3. The quantitative estimate of drug-likeness (QED) is 0.717. The normalized spacial score (nSPS) is 33.3. The van der Waals surface area contributed by atoms with E-state index in [1.807, 2.05) is 0 Å². The number of hydrogen-bond acceptors (Lipinski definition) is 2. The van der Waals surface area contributed by atoms with E-state index in [4.69, 9.17) is 0 Å². The molecule has 3 atom stereocenters. The number of carboxylic acids is 1. The maximum Gasteiger partial charge on any atom is 0.326 e. The molecule has 1 N–H and O–H groups in total. The number of carboxylic acid groups (broad SMARTS) is 1. The van der Waals surface area contributed by atoms with Crippen molar-refractivity contribution in [2.24, 2.45) is 11.8 Å². The smallest absolute Gasteiger partial charge is 0.326 e. The van der Waals surface area contributed by atoms with Crippen LogP contribution in [-0.2, 0) is 9.59 Å². The number of carbonyl (C=O) groups excluding carboxylic acids is 1. The van der Waals surface area contributed by atoms with Gasteiger partial charge in [0.2, 0.25) is 5.91 Å². The first kappa shape index (κ1) is 11.2. The van der Waals surface area contributed by atoms with Crippen molar-refractivity contribution in [3.63, 3.8) is 0 Å². The molecule has 0 aromatic heterocycles. The van der Waals surface area contributed by atoms with E-state index >= 15 is 0 Å². The molecule has 16 heavy (non-hydrogen) atoms. The average molecular weight is 223 g/mol. The number of aliphatic carboxylic acids is 1. The maximum absolute atomic E-state index is 11.8. The second-order valence-corrected chi connectivity index (χ2v) is 4.63. The summed E-state index contributed by atoms with van der Waals surface area (Å²) in [6, 6.07) is -0.601. The fourth-order valence-electron chi connectivity index (χ4n) is 3.09. The molecule has 0 aromatic rings. The Morgan fingerprint density at radius 3 is 2.75 bits per heavy atom. The molecule has 0 spiro atoms. The highest BCUT2D eigenvalue weighted by Gasteiger charge is 2.48. The van der Waals surface area contributed by atoms with Crippen LogP contribution in [0.4, 0.5) is 0 Å². The predicted molar refractivity (Wildman–Crippen MR) is 58.8 cm³/mol. The minimum atomic E-state index is -0.854. The summed E-state index contributed by atoms with van der Waals surface area (Å²) in [5, 5.41) is 9.23. The van der Waals surface area contributed by atoms with Gasteiger partial charge in [-0.05, 0) is 37.7 Å². The summed E-state index contributed by atoms with van der Waals surface area (Å²) in [4.78, 5) is 24.5. The predicted octanol–water partition coefficient (Wildman–Crippen LogP) is 1.27. The lowest BCUT2D eigenvalue weighted by molar-refractivity contribution is -0.148. The van der Waals surface area contributed by atoms with Crippen molar-refractivity contribution in [3.05, 3.63) is 12.2 Å². The summed E-state index contributed by atoms with van der Waals surface area (Å²) in [7, 11) is 0. The number of nitrogens with zero attached hydrogens (tertiary/aromatic N) is 1. The number of allylic oxidation sites excluding steroid dienone is 1. The van der Waals surface area contributed by atoms with E-state index in [-0.39, 0.29) is 11.8 Å². The van der Waals surface area contributed by atoms with Crippen LogP contribution in [0.15, 0.2) is 12.2 Å². The third-order valence-corrected chi connectivity index (χ3v) is 3.74. The number of amides is 1. The summed E-state index contributed by atoms with van der Waals surface area (Å²) in [5.74, 6) is -0.446. The van der Waals surface area contributed by atoms with Gasteiger partial charge in [0.15, 0.2) is 0 Å². The number of carbonyl (C=O) groups is 2. The van der Waals surface area contributed by atoms with Crippen molar-refractivity contribution in [2.75, 3.05) is 6.54 Å². The van der Waals surface area contributed by atoms with Crippen LogP contribution in [0.1, 0.15) is 26.2 Å². The molecule has 88 valence electrons. The van der Waals surface area contributed by atoms with Gasteiger partial charge < -0.3 is 10.0 Å². The van der Waals surface area contributed by atoms with Gasteiger partial charge in [0.25, 0.3) is 0 Å². The van der Waals surface area contributed by atoms with Crippen molar-refractivity contribution in [2.45, 2.75) is 32.2 Å². The van der Waals surface area contributed by atoms with Gasteiger partial charge in [-0.25, -0.2) is 4.79 Å². The molecule has 3 unspecified atom stereocenters. The first-order valence-electron chi connectivity index (χ1n) is 5.81. The summed E-state index contributed by atoms with van der Waals surface area (Å²) in [6.45, 7) is 2.38. The second-order valence-electron chi connectivity index (χ2n) is 4.63. The van der Waals surface area contributed by atoms with Gasteiger partial charge in [-0.15, -0.1) is 0 Å². The molecule has 4 nitrogen and oxygen atoms in total. The highest BCUT2D eigenvalue weighted by atomic mass is 16.4. The molecule has 2 aliphatic rings. The summed E-state index contributed by atoms with van der Waals surface area (Å²) >= 11 is 0. The zero-order valence-corrected chi connectivity index (χ0v) is 9.43. The summed E-state index contributed by atoms with van der Waals surface area (Å²) in [5.41, 5.74) is 0. The van der Waals surface area contributed by atoms with Crippen LogP contribution >= 0.6 is 0 Å². The fraction of sp³-hybridized carbons (Fsp3) is 0.667. The second kappa shape index (κ2) is 4.28. The van der Waals surface area contributed by atoms with Gasteiger partial charge in [0.05, 0.1) is 0 Å². The largest absolute Gasteiger partial charge is 0.480 e. The topological polar surface area (TPSA) is 57.6 Å². The Kier molecular flexibility index (Phi) is 2.99. The van der Waals surface area contributed by atoms with E-state index in [0.717, 1.165) is 19.3 Å². The van der Waals surface area contributed by atoms with E-state index in [9.17, 15) is 14.7 Å². The highest BCUT2D eigenvalue weighted by molar-refractivity contribution is 5.91. The van der Waals surface area contributed by atoms with Crippen LogP contribution in [0, 0.1) is 11.8 Å². The van der Waals surface area contributed by atoms with Crippen LogP contribution < -0.4 is 0 Å². The van der Waals surface area contributed by atoms with E-state index < -0.39 is 12.0 Å². The van der Waals surface area contributed by atoms with Crippen molar-refractivity contribution >= 4 is 11.9 Å². The monoisotopic (exact) mass is 223 g/mol. The number of fused-ring (bicyclic) bond motifs is 1. The van der Waals surface area contributed by atoms with E-state index in [1.54, 1.807) is 13.0 Å². The van der Waals surface area contributed by atoms with Gasteiger partial charge in [-0.2, -0.15) is 0 Å². The molecule has 0 bridgehead atoms. The minimum absolute atomic E-state index is 0.163. The van der Waals surface area contributed by atoms with Crippen molar-refractivity contribution in [3.8, 4) is 0 Å². The lowest BCUT2D eigenvalue weighted by Crippen LogP contribution is -2.42. The van der Waals surface area contributed by atoms with Crippen LogP contribution in [-0.4, -0.2) is 34.5 Å². The molecule has 1 saturated carbocycles. The molecule has 1 heterocycles. The minimum Gasteiger partial charge on any atom is -0.480 e. The van der Waals surface area contributed by atoms with Gasteiger partial charge in [0, 0.05) is 6.54 Å². The molecule has 2 rings (SSSR count). The Labute approximate surface area is 94.9 Å². The Morgan fingerprint density at radius 2 is 2.12 bits per heavy atom. The molecule has 2 fully saturated rings.